The number of imide groups is 1. The number of carbonyl (C=O) groups is 3. The first-order valence-electron chi connectivity index (χ1n) is 9.64. The predicted molar refractivity (Wildman–Crippen MR) is 114 cm³/mol. The number of amides is 3. The minimum Gasteiger partial charge on any atom is -0.454 e. The summed E-state index contributed by atoms with van der Waals surface area (Å²) >= 11 is 5.18. The van der Waals surface area contributed by atoms with Gasteiger partial charge in [-0.3, -0.25) is 30.1 Å². The molecule has 2 aromatic carbocycles. The summed E-state index contributed by atoms with van der Waals surface area (Å²) in [6.07, 6.45) is 0.515. The molecule has 2 aliphatic heterocycles. The molecule has 0 bridgehead atoms. The summed E-state index contributed by atoms with van der Waals surface area (Å²) < 4.78 is 10.6. The fourth-order valence-corrected chi connectivity index (χ4v) is 3.33. The molecular formula is C21H20N4O5S. The van der Waals surface area contributed by atoms with E-state index in [1.54, 1.807) is 24.3 Å². The van der Waals surface area contributed by atoms with Gasteiger partial charge in [-0.2, -0.15) is 0 Å². The zero-order valence-electron chi connectivity index (χ0n) is 16.5. The molecule has 0 atom stereocenters. The first-order chi connectivity index (χ1) is 15.0. The highest BCUT2D eigenvalue weighted by atomic mass is 32.1. The van der Waals surface area contributed by atoms with Gasteiger partial charge < -0.3 is 14.8 Å². The summed E-state index contributed by atoms with van der Waals surface area (Å²) in [7, 11) is 0. The molecule has 31 heavy (non-hydrogen) atoms. The van der Waals surface area contributed by atoms with Crippen LogP contribution in [0.2, 0.25) is 0 Å². The molecule has 9 nitrogen and oxygen atoms in total. The minimum absolute atomic E-state index is 0.169. The van der Waals surface area contributed by atoms with Crippen LogP contribution in [0, 0.1) is 0 Å². The molecule has 2 aliphatic rings. The van der Waals surface area contributed by atoms with Gasteiger partial charge in [0.05, 0.1) is 6.54 Å². The molecule has 0 aliphatic carbocycles. The number of thiocarbonyl (C=S) groups is 1. The molecule has 0 spiro atoms. The molecule has 1 saturated heterocycles. The van der Waals surface area contributed by atoms with Gasteiger partial charge in [-0.1, -0.05) is 18.2 Å². The molecule has 1 fully saturated rings. The van der Waals surface area contributed by atoms with Crippen molar-refractivity contribution in [2.45, 2.75) is 25.9 Å². The summed E-state index contributed by atoms with van der Waals surface area (Å²) in [6, 6.07) is 12.3. The van der Waals surface area contributed by atoms with E-state index in [0.717, 1.165) is 11.1 Å². The van der Waals surface area contributed by atoms with Crippen LogP contribution in [-0.2, 0) is 22.7 Å². The molecule has 2 aromatic rings. The van der Waals surface area contributed by atoms with Crippen LogP contribution >= 0.6 is 12.2 Å². The maximum Gasteiger partial charge on any atom is 0.269 e. The first kappa shape index (κ1) is 20.6. The number of hydrogen-bond donors (Lipinski definition) is 3. The Morgan fingerprint density at radius 3 is 2.35 bits per heavy atom. The number of benzene rings is 2. The average Bonchev–Trinajstić information content (AvgIpc) is 3.37. The van der Waals surface area contributed by atoms with Crippen molar-refractivity contribution in [3.05, 3.63) is 59.2 Å². The molecule has 4 rings (SSSR count). The van der Waals surface area contributed by atoms with Crippen LogP contribution in [-0.4, -0.2) is 34.5 Å². The van der Waals surface area contributed by atoms with E-state index in [1.165, 1.54) is 4.90 Å². The van der Waals surface area contributed by atoms with E-state index in [2.05, 4.69) is 16.2 Å². The zero-order valence-corrected chi connectivity index (χ0v) is 17.3. The topological polar surface area (TPSA) is 109 Å². The standard InChI is InChI=1S/C21H20N4O5S/c26-18-7-8-19(27)25(18)11-13-1-4-15(5-2-13)20(28)23-24-21(31)22-10-14-3-6-16-17(9-14)30-12-29-16/h1-6,9H,7-8,10-12H2,(H,23,28)(H2,22,24,31). The zero-order chi connectivity index (χ0) is 21.8. The van der Waals surface area contributed by atoms with Crippen molar-refractivity contribution in [3.8, 4) is 11.5 Å². The van der Waals surface area contributed by atoms with E-state index in [1.807, 2.05) is 18.2 Å². The van der Waals surface area contributed by atoms with Crippen LogP contribution in [0.3, 0.4) is 0 Å². The van der Waals surface area contributed by atoms with Crippen molar-refractivity contribution >= 4 is 35.1 Å². The molecule has 0 saturated carbocycles. The third-order valence-corrected chi connectivity index (χ3v) is 5.14. The van der Waals surface area contributed by atoms with Crippen LogP contribution in [0.1, 0.15) is 34.3 Å². The molecule has 0 unspecified atom stereocenters. The van der Waals surface area contributed by atoms with Gasteiger partial charge in [0.2, 0.25) is 18.6 Å². The maximum atomic E-state index is 12.3. The number of hydrazine groups is 1. The van der Waals surface area contributed by atoms with Crippen molar-refractivity contribution in [2.75, 3.05) is 6.79 Å². The van der Waals surface area contributed by atoms with E-state index < -0.39 is 0 Å². The lowest BCUT2D eigenvalue weighted by Crippen LogP contribution is -2.46. The monoisotopic (exact) mass is 440 g/mol. The number of carbonyl (C=O) groups excluding carboxylic acids is 3. The number of nitrogens with zero attached hydrogens (tertiary/aromatic N) is 1. The smallest absolute Gasteiger partial charge is 0.269 e. The Hall–Kier alpha value is -3.66. The predicted octanol–water partition coefficient (Wildman–Crippen LogP) is 1.37. The van der Waals surface area contributed by atoms with Gasteiger partial charge in [-0.25, -0.2) is 0 Å². The van der Waals surface area contributed by atoms with Gasteiger partial charge in [0.1, 0.15) is 0 Å². The van der Waals surface area contributed by atoms with Gasteiger partial charge in [0.25, 0.3) is 5.91 Å². The fraction of sp³-hybridized carbons (Fsp3) is 0.238. The molecule has 3 amide bonds. The Morgan fingerprint density at radius 2 is 1.61 bits per heavy atom. The summed E-state index contributed by atoms with van der Waals surface area (Å²) in [5, 5.41) is 3.25. The van der Waals surface area contributed by atoms with Crippen LogP contribution < -0.4 is 25.6 Å². The maximum absolute atomic E-state index is 12.3. The van der Waals surface area contributed by atoms with Gasteiger partial charge >= 0.3 is 0 Å². The van der Waals surface area contributed by atoms with Gasteiger partial charge in [-0.15, -0.1) is 0 Å². The quantitative estimate of drug-likeness (QED) is 0.364. The Bertz CT molecular complexity index is 1020. The number of likely N-dealkylation sites (tertiary alicyclic amines) is 1. The normalized spacial score (nSPS) is 14.5. The Balaban J connectivity index is 1.23. The lowest BCUT2D eigenvalue weighted by molar-refractivity contribution is -0.139. The SMILES string of the molecule is O=C(NNC(=S)NCc1ccc2c(c1)OCO2)c1ccc(CN2C(=O)CCC2=O)cc1. The van der Waals surface area contributed by atoms with E-state index in [-0.39, 0.29) is 49.0 Å². The van der Waals surface area contributed by atoms with Gasteiger partial charge in [0.15, 0.2) is 16.6 Å². The summed E-state index contributed by atoms with van der Waals surface area (Å²) in [5.41, 5.74) is 7.32. The largest absolute Gasteiger partial charge is 0.454 e. The summed E-state index contributed by atoms with van der Waals surface area (Å²) in [4.78, 5) is 37.0. The highest BCUT2D eigenvalue weighted by molar-refractivity contribution is 7.80. The number of nitrogens with one attached hydrogen (secondary N) is 3. The second-order valence-corrected chi connectivity index (χ2v) is 7.43. The van der Waals surface area contributed by atoms with Crippen molar-refractivity contribution in [2.24, 2.45) is 0 Å². The minimum atomic E-state index is -0.368. The second kappa shape index (κ2) is 9.00. The van der Waals surface area contributed by atoms with Crippen LogP contribution in [0.15, 0.2) is 42.5 Å². The summed E-state index contributed by atoms with van der Waals surface area (Å²) in [5.74, 6) is 0.692. The number of hydrogen-bond acceptors (Lipinski definition) is 6. The lowest BCUT2D eigenvalue weighted by atomic mass is 10.1. The molecule has 2 heterocycles. The molecule has 10 heteroatoms. The third kappa shape index (κ3) is 4.92. The van der Waals surface area contributed by atoms with E-state index in [4.69, 9.17) is 21.7 Å². The third-order valence-electron chi connectivity index (χ3n) is 4.89. The molecule has 0 radical (unpaired) electrons. The molecule has 160 valence electrons. The van der Waals surface area contributed by atoms with Crippen molar-refractivity contribution < 1.29 is 23.9 Å². The van der Waals surface area contributed by atoms with Gasteiger partial charge in [0, 0.05) is 24.9 Å². The van der Waals surface area contributed by atoms with Crippen LogP contribution in [0.5, 0.6) is 11.5 Å². The molecule has 0 aromatic heterocycles. The summed E-state index contributed by atoms with van der Waals surface area (Å²) in [6.45, 7) is 0.875. The first-order valence-corrected chi connectivity index (χ1v) is 10.1. The number of ether oxygens (including phenoxy) is 2. The lowest BCUT2D eigenvalue weighted by Gasteiger charge is -2.14. The molecular weight excluding hydrogens is 420 g/mol. The van der Waals surface area contributed by atoms with E-state index >= 15 is 0 Å². The van der Waals surface area contributed by atoms with E-state index in [9.17, 15) is 14.4 Å². The highest BCUT2D eigenvalue weighted by Crippen LogP contribution is 2.32. The fourth-order valence-electron chi connectivity index (χ4n) is 3.21. The Morgan fingerprint density at radius 1 is 0.935 bits per heavy atom. The van der Waals surface area contributed by atoms with Crippen LogP contribution in [0.4, 0.5) is 0 Å². The average molecular weight is 440 g/mol. The Labute approximate surface area is 183 Å². The van der Waals surface area contributed by atoms with Crippen molar-refractivity contribution in [1.82, 2.24) is 21.1 Å². The number of fused-ring (bicyclic) bond motifs is 1. The second-order valence-electron chi connectivity index (χ2n) is 7.02. The Kier molecular flexibility index (Phi) is 5.99. The number of rotatable bonds is 5. The van der Waals surface area contributed by atoms with Gasteiger partial charge in [-0.05, 0) is 47.6 Å². The highest BCUT2D eigenvalue weighted by Gasteiger charge is 2.28. The van der Waals surface area contributed by atoms with Crippen molar-refractivity contribution in [1.29, 1.82) is 0 Å². The van der Waals surface area contributed by atoms with Crippen molar-refractivity contribution in [3.63, 3.8) is 0 Å². The molecule has 3 N–H and O–H groups in total. The van der Waals surface area contributed by atoms with Crippen LogP contribution in [0.25, 0.3) is 0 Å². The van der Waals surface area contributed by atoms with E-state index in [0.29, 0.717) is 23.6 Å².